The van der Waals surface area contributed by atoms with Gasteiger partial charge in [0.1, 0.15) is 0 Å². The van der Waals surface area contributed by atoms with Crippen LogP contribution in [-0.2, 0) is 0 Å². The third-order valence-corrected chi connectivity index (χ3v) is 1.95. The van der Waals surface area contributed by atoms with E-state index >= 15 is 0 Å². The zero-order valence-electron chi connectivity index (χ0n) is 7.59. The standard InChI is InChI=1S/C9H12N2O3/c10-9(4-5-12)7-2-1-3-8(6-7)11(13)14/h1-3,6,9,12H,4-5,10H2/t9-/m0/s1. The summed E-state index contributed by atoms with van der Waals surface area (Å²) in [7, 11) is 0. The fourth-order valence-electron chi connectivity index (χ4n) is 1.17. The number of nitro groups is 1. The fraction of sp³-hybridized carbons (Fsp3) is 0.333. The molecule has 0 bridgehead atoms. The highest BCUT2D eigenvalue weighted by molar-refractivity contribution is 5.35. The molecule has 1 atom stereocenters. The summed E-state index contributed by atoms with van der Waals surface area (Å²) in [6.45, 7) is -0.0239. The number of non-ortho nitro benzene ring substituents is 1. The van der Waals surface area contributed by atoms with Crippen LogP contribution >= 0.6 is 0 Å². The maximum absolute atomic E-state index is 10.4. The molecule has 0 unspecified atom stereocenters. The lowest BCUT2D eigenvalue weighted by Crippen LogP contribution is -2.11. The van der Waals surface area contributed by atoms with Gasteiger partial charge in [-0.15, -0.1) is 0 Å². The van der Waals surface area contributed by atoms with Crippen molar-refractivity contribution in [2.45, 2.75) is 12.5 Å². The average Bonchev–Trinajstić information content (AvgIpc) is 2.18. The summed E-state index contributed by atoms with van der Waals surface area (Å²) in [4.78, 5) is 9.99. The van der Waals surface area contributed by atoms with Crippen molar-refractivity contribution in [3.05, 3.63) is 39.9 Å². The van der Waals surface area contributed by atoms with Crippen molar-refractivity contribution in [2.75, 3.05) is 6.61 Å². The van der Waals surface area contributed by atoms with Gasteiger partial charge in [0, 0.05) is 24.8 Å². The summed E-state index contributed by atoms with van der Waals surface area (Å²) < 4.78 is 0. The molecule has 1 aromatic carbocycles. The zero-order valence-corrected chi connectivity index (χ0v) is 7.59. The second kappa shape index (κ2) is 4.69. The van der Waals surface area contributed by atoms with E-state index in [0.717, 1.165) is 0 Å². The van der Waals surface area contributed by atoms with Crippen molar-refractivity contribution in [2.24, 2.45) is 5.73 Å². The van der Waals surface area contributed by atoms with E-state index in [4.69, 9.17) is 10.8 Å². The van der Waals surface area contributed by atoms with Crippen LogP contribution < -0.4 is 5.73 Å². The van der Waals surface area contributed by atoms with Gasteiger partial charge in [0.05, 0.1) is 4.92 Å². The second-order valence-corrected chi connectivity index (χ2v) is 2.97. The molecule has 1 rings (SSSR count). The average molecular weight is 196 g/mol. The molecule has 0 aromatic heterocycles. The van der Waals surface area contributed by atoms with E-state index in [1.165, 1.54) is 12.1 Å². The number of nitrogens with zero attached hydrogens (tertiary/aromatic N) is 1. The third kappa shape index (κ3) is 2.51. The molecule has 5 nitrogen and oxygen atoms in total. The number of nitro benzene ring substituents is 1. The van der Waals surface area contributed by atoms with E-state index < -0.39 is 4.92 Å². The Labute approximate surface area is 81.3 Å². The normalized spacial score (nSPS) is 12.4. The molecule has 0 heterocycles. The Bertz CT molecular complexity index is 328. The number of aliphatic hydroxyl groups excluding tert-OH is 1. The van der Waals surface area contributed by atoms with E-state index in [2.05, 4.69) is 0 Å². The van der Waals surface area contributed by atoms with Gasteiger partial charge in [-0.2, -0.15) is 0 Å². The van der Waals surface area contributed by atoms with Gasteiger partial charge in [0.15, 0.2) is 0 Å². The molecular formula is C9H12N2O3. The Morgan fingerprint density at radius 1 is 1.57 bits per heavy atom. The molecule has 3 N–H and O–H groups in total. The first kappa shape index (κ1) is 10.6. The van der Waals surface area contributed by atoms with E-state index in [-0.39, 0.29) is 18.3 Å². The van der Waals surface area contributed by atoms with E-state index in [0.29, 0.717) is 12.0 Å². The van der Waals surface area contributed by atoms with Crippen LogP contribution in [0.3, 0.4) is 0 Å². The molecule has 5 heteroatoms. The van der Waals surface area contributed by atoms with Gasteiger partial charge < -0.3 is 10.8 Å². The van der Waals surface area contributed by atoms with Crippen molar-refractivity contribution in [1.29, 1.82) is 0 Å². The first-order chi connectivity index (χ1) is 6.65. The van der Waals surface area contributed by atoms with E-state index in [9.17, 15) is 10.1 Å². The predicted octanol–water partition coefficient (Wildman–Crippen LogP) is 0.977. The Balaban J connectivity index is 2.87. The Morgan fingerprint density at radius 2 is 2.29 bits per heavy atom. The van der Waals surface area contributed by atoms with Crippen LogP contribution in [-0.4, -0.2) is 16.6 Å². The summed E-state index contributed by atoms with van der Waals surface area (Å²) in [5.41, 5.74) is 6.39. The highest BCUT2D eigenvalue weighted by Gasteiger charge is 2.10. The van der Waals surface area contributed by atoms with E-state index in [1.807, 2.05) is 0 Å². The number of nitrogens with two attached hydrogens (primary N) is 1. The number of hydrogen-bond donors (Lipinski definition) is 2. The number of benzene rings is 1. The predicted molar refractivity (Wildman–Crippen MR) is 51.7 cm³/mol. The molecule has 76 valence electrons. The number of aliphatic hydroxyl groups is 1. The van der Waals surface area contributed by atoms with Gasteiger partial charge in [-0.05, 0) is 12.0 Å². The molecule has 1 aromatic rings. The lowest BCUT2D eigenvalue weighted by molar-refractivity contribution is -0.384. The summed E-state index contributed by atoms with van der Waals surface area (Å²) in [5, 5.41) is 19.1. The first-order valence-electron chi connectivity index (χ1n) is 4.26. The minimum absolute atomic E-state index is 0.0239. The van der Waals surface area contributed by atoms with Gasteiger partial charge >= 0.3 is 0 Å². The molecule has 0 saturated heterocycles. The zero-order chi connectivity index (χ0) is 10.6. The summed E-state index contributed by atoms with van der Waals surface area (Å²) >= 11 is 0. The molecule has 0 aliphatic carbocycles. The number of rotatable bonds is 4. The molecule has 0 spiro atoms. The van der Waals surface area contributed by atoms with E-state index in [1.54, 1.807) is 12.1 Å². The van der Waals surface area contributed by atoms with Crippen LogP contribution in [0.4, 0.5) is 5.69 Å². The van der Waals surface area contributed by atoms with Crippen molar-refractivity contribution in [1.82, 2.24) is 0 Å². The maximum atomic E-state index is 10.4. The van der Waals surface area contributed by atoms with Crippen molar-refractivity contribution >= 4 is 5.69 Å². The van der Waals surface area contributed by atoms with Crippen LogP contribution in [0, 0.1) is 10.1 Å². The Kier molecular flexibility index (Phi) is 3.55. The fourth-order valence-corrected chi connectivity index (χ4v) is 1.17. The lowest BCUT2D eigenvalue weighted by atomic mass is 10.0. The molecular weight excluding hydrogens is 184 g/mol. The Morgan fingerprint density at radius 3 is 2.86 bits per heavy atom. The first-order valence-corrected chi connectivity index (χ1v) is 4.26. The largest absolute Gasteiger partial charge is 0.396 e. The van der Waals surface area contributed by atoms with Crippen LogP contribution in [0.5, 0.6) is 0 Å². The van der Waals surface area contributed by atoms with Crippen molar-refractivity contribution in [3.63, 3.8) is 0 Å². The smallest absolute Gasteiger partial charge is 0.269 e. The van der Waals surface area contributed by atoms with Crippen LogP contribution in [0.1, 0.15) is 18.0 Å². The lowest BCUT2D eigenvalue weighted by Gasteiger charge is -2.09. The molecule has 0 radical (unpaired) electrons. The highest BCUT2D eigenvalue weighted by Crippen LogP contribution is 2.19. The minimum atomic E-state index is -0.463. The monoisotopic (exact) mass is 196 g/mol. The van der Waals surface area contributed by atoms with Gasteiger partial charge in [-0.25, -0.2) is 0 Å². The summed E-state index contributed by atoms with van der Waals surface area (Å²) in [5.74, 6) is 0. The van der Waals surface area contributed by atoms with Crippen LogP contribution in [0.2, 0.25) is 0 Å². The molecule has 0 aliphatic heterocycles. The van der Waals surface area contributed by atoms with Crippen molar-refractivity contribution in [3.8, 4) is 0 Å². The Hall–Kier alpha value is -1.46. The SMILES string of the molecule is N[C@@H](CCO)c1cccc([N+](=O)[O-])c1. The summed E-state index contributed by atoms with van der Waals surface area (Å²) in [6, 6.07) is 5.80. The minimum Gasteiger partial charge on any atom is -0.396 e. The maximum Gasteiger partial charge on any atom is 0.269 e. The van der Waals surface area contributed by atoms with Gasteiger partial charge in [0.2, 0.25) is 0 Å². The topological polar surface area (TPSA) is 89.4 Å². The molecule has 0 fully saturated rings. The van der Waals surface area contributed by atoms with Crippen LogP contribution in [0.25, 0.3) is 0 Å². The highest BCUT2D eigenvalue weighted by atomic mass is 16.6. The van der Waals surface area contributed by atoms with Crippen molar-refractivity contribution < 1.29 is 10.0 Å². The van der Waals surface area contributed by atoms with Crippen LogP contribution in [0.15, 0.2) is 24.3 Å². The van der Waals surface area contributed by atoms with Gasteiger partial charge in [-0.1, -0.05) is 12.1 Å². The second-order valence-electron chi connectivity index (χ2n) is 2.97. The number of hydrogen-bond acceptors (Lipinski definition) is 4. The molecule has 0 aliphatic rings. The summed E-state index contributed by atoms with van der Waals surface area (Å²) in [6.07, 6.45) is 0.404. The molecule has 0 amide bonds. The molecule has 0 saturated carbocycles. The third-order valence-electron chi connectivity index (χ3n) is 1.95. The quantitative estimate of drug-likeness (QED) is 0.554. The van der Waals surface area contributed by atoms with Gasteiger partial charge in [-0.3, -0.25) is 10.1 Å². The molecule has 14 heavy (non-hydrogen) atoms. The van der Waals surface area contributed by atoms with Gasteiger partial charge in [0.25, 0.3) is 5.69 Å².